The van der Waals surface area contributed by atoms with Crippen LogP contribution in [0.4, 0.5) is 4.39 Å². The van der Waals surface area contributed by atoms with Gasteiger partial charge in [0.2, 0.25) is 0 Å². The lowest BCUT2D eigenvalue weighted by atomic mass is 9.90. The molecule has 0 saturated heterocycles. The van der Waals surface area contributed by atoms with Crippen molar-refractivity contribution in [3.8, 4) is 11.3 Å². The van der Waals surface area contributed by atoms with Crippen LogP contribution in [0.1, 0.15) is 31.7 Å². The average molecular weight is 259 g/mol. The quantitative estimate of drug-likeness (QED) is 0.900. The van der Waals surface area contributed by atoms with Crippen LogP contribution >= 0.6 is 0 Å². The van der Waals surface area contributed by atoms with Gasteiger partial charge in [0.25, 0.3) is 0 Å². The first-order valence-electron chi connectivity index (χ1n) is 6.79. The number of aromatic nitrogens is 2. The molecule has 1 heterocycles. The third-order valence-corrected chi connectivity index (χ3v) is 3.93. The molecule has 1 aliphatic carbocycles. The summed E-state index contributed by atoms with van der Waals surface area (Å²) in [6, 6.07) is 7.07. The summed E-state index contributed by atoms with van der Waals surface area (Å²) < 4.78 is 15.5. The number of rotatable bonds is 2. The Bertz CT molecular complexity index is 564. The van der Waals surface area contributed by atoms with E-state index in [1.165, 1.54) is 18.9 Å². The molecule has 100 valence electrons. The molecule has 1 saturated carbocycles. The molecule has 0 radical (unpaired) electrons. The van der Waals surface area contributed by atoms with Crippen LogP contribution in [0, 0.1) is 5.82 Å². The van der Waals surface area contributed by atoms with Crippen molar-refractivity contribution in [1.29, 1.82) is 0 Å². The Hall–Kier alpha value is -1.68. The summed E-state index contributed by atoms with van der Waals surface area (Å²) in [5, 5.41) is 0. The highest BCUT2D eigenvalue weighted by Crippen LogP contribution is 2.31. The van der Waals surface area contributed by atoms with Crippen LogP contribution in [-0.2, 0) is 0 Å². The average Bonchev–Trinajstić information content (AvgIpc) is 2.88. The predicted molar refractivity (Wildman–Crippen MR) is 73.1 cm³/mol. The summed E-state index contributed by atoms with van der Waals surface area (Å²) in [6.45, 7) is 0. The van der Waals surface area contributed by atoms with Crippen molar-refractivity contribution in [1.82, 2.24) is 9.55 Å². The van der Waals surface area contributed by atoms with E-state index in [9.17, 15) is 4.39 Å². The highest BCUT2D eigenvalue weighted by Gasteiger charge is 2.25. The Labute approximate surface area is 112 Å². The molecule has 0 bridgehead atoms. The number of nitrogens with zero attached hydrogens (tertiary/aromatic N) is 2. The second kappa shape index (κ2) is 5.13. The number of hydrogen-bond donors (Lipinski definition) is 1. The van der Waals surface area contributed by atoms with E-state index in [1.807, 2.05) is 12.4 Å². The van der Waals surface area contributed by atoms with Crippen LogP contribution in [0.3, 0.4) is 0 Å². The Morgan fingerprint density at radius 3 is 2.89 bits per heavy atom. The molecule has 2 N–H and O–H groups in total. The molecule has 19 heavy (non-hydrogen) atoms. The molecule has 3 nitrogen and oxygen atoms in total. The van der Waals surface area contributed by atoms with Gasteiger partial charge in [-0.1, -0.05) is 25.0 Å². The lowest BCUT2D eigenvalue weighted by Crippen LogP contribution is -2.35. The van der Waals surface area contributed by atoms with Crippen LogP contribution in [0.25, 0.3) is 11.3 Å². The van der Waals surface area contributed by atoms with Crippen LogP contribution in [0.15, 0.2) is 36.8 Å². The first-order chi connectivity index (χ1) is 9.25. The summed E-state index contributed by atoms with van der Waals surface area (Å²) in [4.78, 5) is 4.22. The maximum atomic E-state index is 13.4. The highest BCUT2D eigenvalue weighted by molar-refractivity contribution is 5.59. The molecule has 4 heteroatoms. The summed E-state index contributed by atoms with van der Waals surface area (Å²) in [5.74, 6) is -0.224. The van der Waals surface area contributed by atoms with Crippen molar-refractivity contribution >= 4 is 0 Å². The van der Waals surface area contributed by atoms with Crippen molar-refractivity contribution < 1.29 is 4.39 Å². The molecule has 2 atom stereocenters. The molecule has 0 aliphatic heterocycles. The van der Waals surface area contributed by atoms with Gasteiger partial charge in [-0.05, 0) is 25.0 Å². The molecule has 1 aliphatic rings. The van der Waals surface area contributed by atoms with E-state index >= 15 is 0 Å². The molecular weight excluding hydrogens is 241 g/mol. The number of benzene rings is 1. The summed E-state index contributed by atoms with van der Waals surface area (Å²) >= 11 is 0. The molecule has 0 spiro atoms. The minimum absolute atomic E-state index is 0.162. The van der Waals surface area contributed by atoms with Gasteiger partial charge in [-0.25, -0.2) is 9.37 Å². The van der Waals surface area contributed by atoms with Gasteiger partial charge in [-0.2, -0.15) is 0 Å². The second-order valence-corrected chi connectivity index (χ2v) is 5.21. The normalized spacial score (nSPS) is 23.5. The van der Waals surface area contributed by atoms with Gasteiger partial charge in [-0.3, -0.25) is 0 Å². The minimum Gasteiger partial charge on any atom is -0.326 e. The van der Waals surface area contributed by atoms with E-state index in [4.69, 9.17) is 5.73 Å². The maximum absolute atomic E-state index is 13.4. The lowest BCUT2D eigenvalue weighted by molar-refractivity contribution is 0.308. The standard InChI is InChI=1S/C15H18FN3/c16-12-5-3-4-11(8-12)15-9-18-10-19(15)14-7-2-1-6-13(14)17/h3-5,8-10,13-14H,1-2,6-7,17H2/t13-,14-/m1/s1. The molecule has 1 fully saturated rings. The fraction of sp³-hybridized carbons (Fsp3) is 0.400. The Morgan fingerprint density at radius 2 is 2.11 bits per heavy atom. The summed E-state index contributed by atoms with van der Waals surface area (Å²) in [7, 11) is 0. The fourth-order valence-corrected chi connectivity index (χ4v) is 2.93. The second-order valence-electron chi connectivity index (χ2n) is 5.21. The number of hydrogen-bond acceptors (Lipinski definition) is 2. The van der Waals surface area contributed by atoms with Gasteiger partial charge in [0.1, 0.15) is 5.82 Å². The summed E-state index contributed by atoms with van der Waals surface area (Å²) in [5.41, 5.74) is 8.03. The SMILES string of the molecule is N[C@@H]1CCCC[C@H]1n1cncc1-c1cccc(F)c1. The molecule has 1 aromatic heterocycles. The Balaban J connectivity index is 1.98. The van der Waals surface area contributed by atoms with Crippen molar-refractivity contribution in [3.05, 3.63) is 42.6 Å². The summed E-state index contributed by atoms with van der Waals surface area (Å²) in [6.07, 6.45) is 8.11. The number of imidazole rings is 1. The van der Waals surface area contributed by atoms with Crippen molar-refractivity contribution in [2.24, 2.45) is 5.73 Å². The maximum Gasteiger partial charge on any atom is 0.123 e. The van der Waals surface area contributed by atoms with Crippen LogP contribution < -0.4 is 5.73 Å². The van der Waals surface area contributed by atoms with Crippen LogP contribution in [-0.4, -0.2) is 15.6 Å². The fourth-order valence-electron chi connectivity index (χ4n) is 2.93. The van der Waals surface area contributed by atoms with E-state index in [2.05, 4.69) is 9.55 Å². The molecule has 0 amide bonds. The minimum atomic E-state index is -0.224. The predicted octanol–water partition coefficient (Wildman–Crippen LogP) is 3.13. The smallest absolute Gasteiger partial charge is 0.123 e. The van der Waals surface area contributed by atoms with E-state index < -0.39 is 0 Å². The third kappa shape index (κ3) is 2.40. The first kappa shape index (κ1) is 12.4. The largest absolute Gasteiger partial charge is 0.326 e. The van der Waals surface area contributed by atoms with Crippen molar-refractivity contribution in [2.45, 2.75) is 37.8 Å². The Kier molecular flexibility index (Phi) is 3.34. The first-order valence-corrected chi connectivity index (χ1v) is 6.79. The van der Waals surface area contributed by atoms with Gasteiger partial charge < -0.3 is 10.3 Å². The van der Waals surface area contributed by atoms with Crippen LogP contribution in [0.2, 0.25) is 0 Å². The zero-order valence-corrected chi connectivity index (χ0v) is 10.8. The highest BCUT2D eigenvalue weighted by atomic mass is 19.1. The zero-order valence-electron chi connectivity index (χ0n) is 10.8. The van der Waals surface area contributed by atoms with Crippen LogP contribution in [0.5, 0.6) is 0 Å². The monoisotopic (exact) mass is 259 g/mol. The molecule has 2 aromatic rings. The number of halogens is 1. The topological polar surface area (TPSA) is 43.8 Å². The van der Waals surface area contributed by atoms with E-state index in [1.54, 1.807) is 18.3 Å². The van der Waals surface area contributed by atoms with Gasteiger partial charge in [0.15, 0.2) is 0 Å². The lowest BCUT2D eigenvalue weighted by Gasteiger charge is -2.30. The van der Waals surface area contributed by atoms with Gasteiger partial charge in [0.05, 0.1) is 24.3 Å². The third-order valence-electron chi connectivity index (χ3n) is 3.93. The Morgan fingerprint density at radius 1 is 1.26 bits per heavy atom. The molecule has 3 rings (SSSR count). The van der Waals surface area contributed by atoms with Gasteiger partial charge >= 0.3 is 0 Å². The molecular formula is C15H18FN3. The van der Waals surface area contributed by atoms with E-state index in [0.29, 0.717) is 0 Å². The van der Waals surface area contributed by atoms with Gasteiger partial charge in [0, 0.05) is 11.6 Å². The molecule has 1 aromatic carbocycles. The van der Waals surface area contributed by atoms with E-state index in [-0.39, 0.29) is 17.9 Å². The van der Waals surface area contributed by atoms with Crippen molar-refractivity contribution in [2.75, 3.05) is 0 Å². The molecule has 0 unspecified atom stereocenters. The number of nitrogens with two attached hydrogens (primary N) is 1. The van der Waals surface area contributed by atoms with Gasteiger partial charge in [-0.15, -0.1) is 0 Å². The van der Waals surface area contributed by atoms with E-state index in [0.717, 1.165) is 24.1 Å². The zero-order chi connectivity index (χ0) is 13.2. The van der Waals surface area contributed by atoms with Crippen molar-refractivity contribution in [3.63, 3.8) is 0 Å².